The van der Waals surface area contributed by atoms with Crippen LogP contribution < -0.4 is 0 Å². The van der Waals surface area contributed by atoms with Crippen LogP contribution in [0.4, 0.5) is 10.5 Å². The molecule has 106 valence electrons. The number of carbonyl (C=O) groups excluding carboxylic acids is 2. The maximum absolute atomic E-state index is 11.6. The van der Waals surface area contributed by atoms with Gasteiger partial charge >= 0.3 is 12.1 Å². The van der Waals surface area contributed by atoms with Gasteiger partial charge in [0, 0.05) is 10.7 Å². The lowest BCUT2D eigenvalue weighted by molar-refractivity contribution is -0.178. The van der Waals surface area contributed by atoms with Gasteiger partial charge in [-0.1, -0.05) is 24.8 Å². The van der Waals surface area contributed by atoms with Gasteiger partial charge in [0.25, 0.3) is 0 Å². The molecule has 0 heterocycles. The maximum Gasteiger partial charge on any atom is 0.467 e. The van der Waals surface area contributed by atoms with E-state index in [1.807, 2.05) is 6.07 Å². The Labute approximate surface area is 116 Å². The van der Waals surface area contributed by atoms with Crippen molar-refractivity contribution in [1.82, 2.24) is 5.17 Å². The number of ether oxygens (including phenoxy) is 1. The van der Waals surface area contributed by atoms with E-state index in [1.54, 1.807) is 31.2 Å². The van der Waals surface area contributed by atoms with Crippen LogP contribution >= 0.6 is 0 Å². The first-order valence-corrected chi connectivity index (χ1v) is 5.86. The lowest BCUT2D eigenvalue weighted by atomic mass is 10.3. The molecule has 0 radical (unpaired) electrons. The Kier molecular flexibility index (Phi) is 5.89. The normalized spacial score (nSPS) is 10.1. The van der Waals surface area contributed by atoms with E-state index in [0.717, 1.165) is 0 Å². The third kappa shape index (κ3) is 4.89. The average Bonchev–Trinajstić information content (AvgIpc) is 2.44. The predicted octanol–water partition coefficient (Wildman–Crippen LogP) is 3.18. The second kappa shape index (κ2) is 7.67. The van der Waals surface area contributed by atoms with Gasteiger partial charge in [0.15, 0.2) is 0 Å². The van der Waals surface area contributed by atoms with Gasteiger partial charge in [-0.2, -0.15) is 0 Å². The summed E-state index contributed by atoms with van der Waals surface area (Å²) in [5.41, 5.74) is 0.613. The predicted molar refractivity (Wildman–Crippen MR) is 70.7 cm³/mol. The van der Waals surface area contributed by atoms with Gasteiger partial charge in [0.1, 0.15) is 0 Å². The second-order valence-electron chi connectivity index (χ2n) is 3.66. The molecule has 1 aromatic carbocycles. The molecule has 0 atom stereocenters. The minimum absolute atomic E-state index is 0.112. The molecular weight excluding hydrogens is 262 g/mol. The quantitative estimate of drug-likeness (QED) is 0.481. The lowest BCUT2D eigenvalue weighted by Crippen LogP contribution is -2.29. The molecule has 0 spiro atoms. The Morgan fingerprint density at radius 3 is 2.50 bits per heavy atom. The highest BCUT2D eigenvalue weighted by molar-refractivity contribution is 5.87. The first-order valence-electron chi connectivity index (χ1n) is 5.86. The fraction of sp³-hybridized carbons (Fsp3) is 0.231. The molecule has 7 nitrogen and oxygen atoms in total. The fourth-order valence-corrected chi connectivity index (χ4v) is 1.01. The summed E-state index contributed by atoms with van der Waals surface area (Å²) in [6.07, 6.45) is -0.943. The van der Waals surface area contributed by atoms with Crippen molar-refractivity contribution in [1.29, 1.82) is 0 Å². The van der Waals surface area contributed by atoms with E-state index >= 15 is 0 Å². The van der Waals surface area contributed by atoms with E-state index in [-0.39, 0.29) is 12.2 Å². The number of hydrogen-bond donors (Lipinski definition) is 0. The van der Waals surface area contributed by atoms with Crippen LogP contribution in [0.1, 0.15) is 13.8 Å². The van der Waals surface area contributed by atoms with Crippen molar-refractivity contribution in [2.24, 2.45) is 10.3 Å². The summed E-state index contributed by atoms with van der Waals surface area (Å²) in [7, 11) is 0. The topological polar surface area (TPSA) is 80.6 Å². The van der Waals surface area contributed by atoms with Gasteiger partial charge in [0.05, 0.1) is 12.3 Å². The molecule has 0 aliphatic heterocycles. The molecule has 0 N–H and O–H groups in total. The van der Waals surface area contributed by atoms with E-state index in [4.69, 9.17) is 9.57 Å². The summed E-state index contributed by atoms with van der Waals surface area (Å²) in [6, 6.07) is 8.66. The first kappa shape index (κ1) is 15.4. The Morgan fingerprint density at radius 2 is 1.95 bits per heavy atom. The highest BCUT2D eigenvalue weighted by Crippen LogP contribution is 2.12. The fourth-order valence-electron chi connectivity index (χ4n) is 1.01. The highest BCUT2D eigenvalue weighted by Gasteiger charge is 2.20. The van der Waals surface area contributed by atoms with Gasteiger partial charge in [-0.15, -0.1) is 5.11 Å². The Bertz CT molecular complexity index is 514. The van der Waals surface area contributed by atoms with Crippen molar-refractivity contribution in [2.75, 3.05) is 6.61 Å². The SMILES string of the molecule is C=C(C)C(=O)ON(/N=N/c1ccccc1)C(=O)OCC. The third-order valence-corrected chi connectivity index (χ3v) is 1.94. The summed E-state index contributed by atoms with van der Waals surface area (Å²) in [6.45, 7) is 6.58. The second-order valence-corrected chi connectivity index (χ2v) is 3.66. The van der Waals surface area contributed by atoms with E-state index in [2.05, 4.69) is 16.9 Å². The molecule has 0 aromatic heterocycles. The van der Waals surface area contributed by atoms with E-state index in [1.165, 1.54) is 6.92 Å². The summed E-state index contributed by atoms with van der Waals surface area (Å²) in [4.78, 5) is 27.7. The third-order valence-electron chi connectivity index (χ3n) is 1.94. The first-order chi connectivity index (χ1) is 9.54. The number of benzene rings is 1. The van der Waals surface area contributed by atoms with Crippen LogP contribution in [0.15, 0.2) is 52.8 Å². The zero-order chi connectivity index (χ0) is 15.0. The molecule has 7 heteroatoms. The van der Waals surface area contributed by atoms with Crippen molar-refractivity contribution >= 4 is 17.7 Å². The summed E-state index contributed by atoms with van der Waals surface area (Å²) in [5.74, 6) is -0.801. The van der Waals surface area contributed by atoms with E-state index in [9.17, 15) is 9.59 Å². The number of amides is 1. The van der Waals surface area contributed by atoms with Crippen LogP contribution in [0.2, 0.25) is 0 Å². The Hall–Kier alpha value is -2.70. The molecule has 0 bridgehead atoms. The van der Waals surface area contributed by atoms with Crippen molar-refractivity contribution in [3.63, 3.8) is 0 Å². The van der Waals surface area contributed by atoms with Gasteiger partial charge in [-0.05, 0) is 31.2 Å². The van der Waals surface area contributed by atoms with Crippen LogP contribution in [0, 0.1) is 0 Å². The Balaban J connectivity index is 2.82. The van der Waals surface area contributed by atoms with Crippen LogP contribution in [0.3, 0.4) is 0 Å². The van der Waals surface area contributed by atoms with Crippen molar-refractivity contribution in [2.45, 2.75) is 13.8 Å². The van der Waals surface area contributed by atoms with Gasteiger partial charge in [-0.25, -0.2) is 9.59 Å². The molecule has 0 saturated heterocycles. The number of hydrogen-bond acceptors (Lipinski definition) is 6. The van der Waals surface area contributed by atoms with Crippen molar-refractivity contribution in [3.05, 3.63) is 42.5 Å². The van der Waals surface area contributed by atoms with E-state index < -0.39 is 12.1 Å². The molecule has 1 aromatic rings. The molecule has 20 heavy (non-hydrogen) atoms. The summed E-state index contributed by atoms with van der Waals surface area (Å²) in [5, 5.41) is 7.68. The number of nitrogens with zero attached hydrogens (tertiary/aromatic N) is 3. The lowest BCUT2D eigenvalue weighted by Gasteiger charge is -2.13. The molecule has 0 aliphatic carbocycles. The maximum atomic E-state index is 11.6. The average molecular weight is 277 g/mol. The summed E-state index contributed by atoms with van der Waals surface area (Å²) < 4.78 is 4.70. The zero-order valence-corrected chi connectivity index (χ0v) is 11.3. The smallest absolute Gasteiger partial charge is 0.446 e. The molecule has 0 aliphatic rings. The number of hydroxylamine groups is 1. The summed E-state index contributed by atoms with van der Waals surface area (Å²) >= 11 is 0. The van der Waals surface area contributed by atoms with Crippen LogP contribution in [0.25, 0.3) is 0 Å². The molecule has 0 saturated carbocycles. The molecule has 0 unspecified atom stereocenters. The standard InChI is InChI=1S/C13H15N3O4/c1-4-19-13(18)16(20-12(17)10(2)3)15-14-11-8-6-5-7-9-11/h5-9H,2,4H2,1,3H3/b15-14+. The molecule has 1 amide bonds. The molecular formula is C13H15N3O4. The van der Waals surface area contributed by atoms with Crippen LogP contribution in [-0.2, 0) is 14.4 Å². The minimum Gasteiger partial charge on any atom is -0.446 e. The van der Waals surface area contributed by atoms with Crippen LogP contribution in [-0.4, -0.2) is 23.8 Å². The van der Waals surface area contributed by atoms with Gasteiger partial charge < -0.3 is 9.57 Å². The van der Waals surface area contributed by atoms with Gasteiger partial charge in [-0.3, -0.25) is 0 Å². The van der Waals surface area contributed by atoms with Crippen molar-refractivity contribution in [3.8, 4) is 0 Å². The molecule has 1 rings (SSSR count). The largest absolute Gasteiger partial charge is 0.467 e. The number of rotatable bonds is 4. The Morgan fingerprint density at radius 1 is 1.30 bits per heavy atom. The monoisotopic (exact) mass is 277 g/mol. The minimum atomic E-state index is -0.943. The highest BCUT2D eigenvalue weighted by atomic mass is 16.8. The van der Waals surface area contributed by atoms with E-state index in [0.29, 0.717) is 10.9 Å². The molecule has 0 fully saturated rings. The van der Waals surface area contributed by atoms with Crippen molar-refractivity contribution < 1.29 is 19.2 Å². The zero-order valence-electron chi connectivity index (χ0n) is 11.3. The number of carbonyl (C=O) groups is 2. The van der Waals surface area contributed by atoms with Crippen LogP contribution in [0.5, 0.6) is 0 Å². The van der Waals surface area contributed by atoms with Gasteiger partial charge in [0.2, 0.25) is 0 Å².